The van der Waals surface area contributed by atoms with Gasteiger partial charge in [-0.2, -0.15) is 0 Å². The first-order valence-electron chi connectivity index (χ1n) is 13.5. The van der Waals surface area contributed by atoms with Crippen LogP contribution in [-0.4, -0.2) is 41.2 Å². The molecule has 3 aliphatic carbocycles. The third-order valence-corrected chi connectivity index (χ3v) is 9.61. The normalized spacial score (nSPS) is 26.3. The fraction of sp³-hybridized carbons (Fsp3) is 0.312. The molecule has 3 aromatic rings. The highest BCUT2D eigenvalue weighted by Crippen LogP contribution is 2.69. The highest BCUT2D eigenvalue weighted by Gasteiger charge is 2.73. The Morgan fingerprint density at radius 2 is 1.24 bits per heavy atom. The van der Waals surface area contributed by atoms with Crippen LogP contribution in [0, 0.1) is 17.8 Å². The Hall–Kier alpha value is -3.68. The van der Waals surface area contributed by atoms with Gasteiger partial charge < -0.3 is 10.1 Å². The zero-order valence-corrected chi connectivity index (χ0v) is 24.2. The maximum absolute atomic E-state index is 14.1. The minimum atomic E-state index is -1.31. The van der Waals surface area contributed by atoms with E-state index in [2.05, 4.69) is 5.32 Å². The summed E-state index contributed by atoms with van der Waals surface area (Å²) >= 11 is 14.9. The SMILES string of the molecule is CC(C)COC(=O)c1ccc(NC(=O)[C@H](C)N2C(=O)[C@@H]3[C@H](C2=O)C2(Cl)c4ccccc4C3(Cl)c3ccccc32)cc1. The topological polar surface area (TPSA) is 92.8 Å². The molecule has 210 valence electrons. The Balaban J connectivity index is 1.29. The van der Waals surface area contributed by atoms with Crippen LogP contribution in [0.2, 0.25) is 0 Å². The zero-order chi connectivity index (χ0) is 29.3. The Labute approximate surface area is 247 Å². The number of hydrogen-bond donors (Lipinski definition) is 1. The lowest BCUT2D eigenvalue weighted by Gasteiger charge is -2.54. The number of anilines is 1. The van der Waals surface area contributed by atoms with Gasteiger partial charge in [0.25, 0.3) is 0 Å². The van der Waals surface area contributed by atoms with Gasteiger partial charge in [0.05, 0.1) is 24.0 Å². The molecule has 2 bridgehead atoms. The maximum Gasteiger partial charge on any atom is 0.338 e. The molecule has 9 heteroatoms. The van der Waals surface area contributed by atoms with Gasteiger partial charge in [0, 0.05) is 5.69 Å². The van der Waals surface area contributed by atoms with Crippen molar-refractivity contribution in [3.8, 4) is 0 Å². The number of ether oxygens (including phenoxy) is 1. The molecular weight excluding hydrogens is 563 g/mol. The average molecular weight is 591 g/mol. The van der Waals surface area contributed by atoms with Crippen molar-refractivity contribution in [2.45, 2.75) is 36.6 Å². The van der Waals surface area contributed by atoms with Gasteiger partial charge in [0.1, 0.15) is 15.8 Å². The van der Waals surface area contributed by atoms with Crippen molar-refractivity contribution in [3.05, 3.63) is 101 Å². The van der Waals surface area contributed by atoms with Crippen LogP contribution in [-0.2, 0) is 28.9 Å². The maximum atomic E-state index is 14.1. The molecule has 7 rings (SSSR count). The third-order valence-electron chi connectivity index (χ3n) is 8.32. The van der Waals surface area contributed by atoms with Crippen LogP contribution in [0.1, 0.15) is 53.4 Å². The minimum absolute atomic E-state index is 0.208. The van der Waals surface area contributed by atoms with E-state index in [4.69, 9.17) is 27.9 Å². The molecule has 1 saturated heterocycles. The van der Waals surface area contributed by atoms with Gasteiger partial charge in [-0.05, 0) is 59.4 Å². The summed E-state index contributed by atoms with van der Waals surface area (Å²) in [6.45, 7) is 5.70. The van der Waals surface area contributed by atoms with Gasteiger partial charge in [0.2, 0.25) is 17.7 Å². The molecule has 0 aromatic heterocycles. The Morgan fingerprint density at radius 3 is 1.66 bits per heavy atom. The molecule has 41 heavy (non-hydrogen) atoms. The summed E-state index contributed by atoms with van der Waals surface area (Å²) in [6.07, 6.45) is 0. The van der Waals surface area contributed by atoms with Crippen molar-refractivity contribution < 1.29 is 23.9 Å². The van der Waals surface area contributed by atoms with Gasteiger partial charge in [-0.15, -0.1) is 23.2 Å². The zero-order valence-electron chi connectivity index (χ0n) is 22.7. The summed E-state index contributed by atoms with van der Waals surface area (Å²) in [7, 11) is 0. The number of carbonyl (C=O) groups excluding carboxylic acids is 4. The molecule has 3 aromatic carbocycles. The molecule has 1 aliphatic heterocycles. The lowest BCUT2D eigenvalue weighted by molar-refractivity contribution is -0.146. The second-order valence-electron chi connectivity index (χ2n) is 11.3. The van der Waals surface area contributed by atoms with Crippen molar-refractivity contribution in [1.82, 2.24) is 4.90 Å². The Bertz CT molecular complexity index is 1480. The van der Waals surface area contributed by atoms with Crippen LogP contribution in [0.25, 0.3) is 0 Å². The predicted molar refractivity (Wildman–Crippen MR) is 155 cm³/mol. The second kappa shape index (κ2) is 9.71. The van der Waals surface area contributed by atoms with Gasteiger partial charge in [-0.3, -0.25) is 19.3 Å². The third kappa shape index (κ3) is 3.86. The van der Waals surface area contributed by atoms with E-state index in [1.807, 2.05) is 62.4 Å². The molecular formula is C32H28Cl2N2O5. The van der Waals surface area contributed by atoms with Gasteiger partial charge in [-0.25, -0.2) is 4.79 Å². The predicted octanol–water partition coefficient (Wildman–Crippen LogP) is 5.42. The number of nitrogens with zero attached hydrogens (tertiary/aromatic N) is 1. The number of hydrogen-bond acceptors (Lipinski definition) is 5. The van der Waals surface area contributed by atoms with Crippen molar-refractivity contribution in [2.24, 2.45) is 17.8 Å². The highest BCUT2D eigenvalue weighted by molar-refractivity contribution is 6.36. The molecule has 7 nitrogen and oxygen atoms in total. The number of benzene rings is 3. The molecule has 1 heterocycles. The minimum Gasteiger partial charge on any atom is -0.462 e. The molecule has 0 unspecified atom stereocenters. The smallest absolute Gasteiger partial charge is 0.338 e. The van der Waals surface area contributed by atoms with Gasteiger partial charge in [-0.1, -0.05) is 62.4 Å². The largest absolute Gasteiger partial charge is 0.462 e. The number of carbonyl (C=O) groups is 4. The number of imide groups is 1. The van der Waals surface area contributed by atoms with E-state index in [-0.39, 0.29) is 5.92 Å². The van der Waals surface area contributed by atoms with E-state index in [1.54, 1.807) is 24.3 Å². The molecule has 1 N–H and O–H groups in total. The average Bonchev–Trinajstić information content (AvgIpc) is 3.25. The van der Waals surface area contributed by atoms with Crippen LogP contribution in [0.15, 0.2) is 72.8 Å². The van der Waals surface area contributed by atoms with Crippen molar-refractivity contribution in [1.29, 1.82) is 0 Å². The van der Waals surface area contributed by atoms with Crippen molar-refractivity contribution in [3.63, 3.8) is 0 Å². The summed E-state index contributed by atoms with van der Waals surface area (Å²) in [5, 5.41) is 2.75. The molecule has 0 saturated carbocycles. The number of halogens is 2. The summed E-state index contributed by atoms with van der Waals surface area (Å²) in [5.41, 5.74) is 3.54. The second-order valence-corrected chi connectivity index (χ2v) is 12.4. The summed E-state index contributed by atoms with van der Waals surface area (Å²) < 4.78 is 5.24. The van der Waals surface area contributed by atoms with Crippen LogP contribution in [0.5, 0.6) is 0 Å². The standard InChI is InChI=1S/C32H28Cl2N2O5/c1-17(2)16-41-30(40)19-12-14-20(15-13-19)35-27(37)18(3)36-28(38)25-26(29(36)39)32(34)22-9-5-4-8-21(22)31(25,33)23-10-6-7-11-24(23)32/h4-15,17-18,25-26H,16H2,1-3H3,(H,35,37)/t18-,25-,26+,31?,32?/m0/s1. The van der Waals surface area contributed by atoms with E-state index in [0.29, 0.717) is 40.1 Å². The van der Waals surface area contributed by atoms with E-state index in [9.17, 15) is 19.2 Å². The lowest BCUT2D eigenvalue weighted by atomic mass is 9.54. The van der Waals surface area contributed by atoms with Crippen molar-refractivity contribution >= 4 is 52.6 Å². The molecule has 0 radical (unpaired) electrons. The van der Waals surface area contributed by atoms with Crippen LogP contribution >= 0.6 is 23.2 Å². The molecule has 3 atom stereocenters. The number of alkyl halides is 2. The number of rotatable bonds is 6. The quantitative estimate of drug-likeness (QED) is 0.235. The first kappa shape index (κ1) is 27.5. The molecule has 3 amide bonds. The number of amides is 3. The monoisotopic (exact) mass is 590 g/mol. The number of nitrogens with one attached hydrogen (secondary N) is 1. The summed E-state index contributed by atoms with van der Waals surface area (Å²) in [6, 6.07) is 19.9. The first-order valence-corrected chi connectivity index (χ1v) is 14.3. The molecule has 1 fully saturated rings. The van der Waals surface area contributed by atoms with E-state index in [0.717, 1.165) is 4.90 Å². The fourth-order valence-corrected chi connectivity index (χ4v) is 7.55. The van der Waals surface area contributed by atoms with E-state index < -0.39 is 51.3 Å². The van der Waals surface area contributed by atoms with Crippen LogP contribution in [0.3, 0.4) is 0 Å². The molecule has 0 spiro atoms. The Kier molecular flexibility index (Phi) is 6.51. The van der Waals surface area contributed by atoms with Gasteiger partial charge >= 0.3 is 5.97 Å². The number of likely N-dealkylation sites (tertiary alicyclic amines) is 1. The summed E-state index contributed by atoms with van der Waals surface area (Å²) in [4.78, 5) is 52.1. The van der Waals surface area contributed by atoms with E-state index >= 15 is 0 Å². The van der Waals surface area contributed by atoms with Gasteiger partial charge in [0.15, 0.2) is 0 Å². The fourth-order valence-electron chi connectivity index (χ4n) is 6.45. The Morgan fingerprint density at radius 1 is 0.805 bits per heavy atom. The highest BCUT2D eigenvalue weighted by atomic mass is 35.5. The molecule has 4 aliphatic rings. The van der Waals surface area contributed by atoms with Crippen LogP contribution in [0.4, 0.5) is 5.69 Å². The lowest BCUT2D eigenvalue weighted by Crippen LogP contribution is -2.57. The first-order chi connectivity index (χ1) is 19.5. The summed E-state index contributed by atoms with van der Waals surface area (Å²) in [5.74, 6) is -3.84. The number of esters is 1. The van der Waals surface area contributed by atoms with E-state index in [1.165, 1.54) is 6.92 Å². The van der Waals surface area contributed by atoms with Crippen molar-refractivity contribution in [2.75, 3.05) is 11.9 Å². The van der Waals surface area contributed by atoms with Crippen LogP contribution < -0.4 is 5.32 Å².